The number of nitrogens with zero attached hydrogens (tertiary/aromatic N) is 5. The zero-order chi connectivity index (χ0) is 18.1. The Morgan fingerprint density at radius 2 is 1.89 bits per heavy atom. The topological polar surface area (TPSA) is 86.5 Å². The highest BCUT2D eigenvalue weighted by molar-refractivity contribution is 5.94. The molecule has 0 radical (unpaired) electrons. The average molecular weight is 358 g/mol. The van der Waals surface area contributed by atoms with Gasteiger partial charge in [0.25, 0.3) is 5.95 Å². The fraction of sp³-hybridized carbons (Fsp3) is 0.0526. The lowest BCUT2D eigenvalue weighted by molar-refractivity contribution is 0.174. The Kier molecular flexibility index (Phi) is 3.64. The lowest BCUT2D eigenvalue weighted by atomic mass is 10.1. The molecule has 0 bridgehead atoms. The molecule has 0 saturated carbocycles. The SMILES string of the molecule is C(=Nn1nnnc1Nc1cccc2ccccc12)c1ccc2c(c1)OCO2. The number of hydrogen-bond acceptors (Lipinski definition) is 7. The molecule has 132 valence electrons. The Balaban J connectivity index is 1.42. The van der Waals surface area contributed by atoms with Gasteiger partial charge in [-0.15, -0.1) is 0 Å². The van der Waals surface area contributed by atoms with Crippen molar-refractivity contribution in [1.82, 2.24) is 20.3 Å². The van der Waals surface area contributed by atoms with Crippen molar-refractivity contribution in [2.24, 2.45) is 5.10 Å². The maximum atomic E-state index is 5.38. The fourth-order valence-corrected chi connectivity index (χ4v) is 2.91. The smallest absolute Gasteiger partial charge is 0.269 e. The van der Waals surface area contributed by atoms with Crippen molar-refractivity contribution < 1.29 is 9.47 Å². The van der Waals surface area contributed by atoms with E-state index in [0.717, 1.165) is 27.8 Å². The van der Waals surface area contributed by atoms with E-state index in [9.17, 15) is 0 Å². The van der Waals surface area contributed by atoms with E-state index in [1.165, 1.54) is 4.79 Å². The third-order valence-electron chi connectivity index (χ3n) is 4.20. The highest BCUT2D eigenvalue weighted by Gasteiger charge is 2.13. The normalized spacial score (nSPS) is 12.7. The maximum absolute atomic E-state index is 5.38. The summed E-state index contributed by atoms with van der Waals surface area (Å²) in [5.74, 6) is 1.85. The Hall–Kier alpha value is -3.94. The van der Waals surface area contributed by atoms with E-state index in [2.05, 4.69) is 38.1 Å². The van der Waals surface area contributed by atoms with Crippen LogP contribution < -0.4 is 14.8 Å². The summed E-state index contributed by atoms with van der Waals surface area (Å²) >= 11 is 0. The molecule has 1 aromatic heterocycles. The van der Waals surface area contributed by atoms with Crippen molar-refractivity contribution >= 4 is 28.6 Å². The minimum Gasteiger partial charge on any atom is -0.454 e. The lowest BCUT2D eigenvalue weighted by Gasteiger charge is -2.07. The number of rotatable bonds is 4. The van der Waals surface area contributed by atoms with E-state index in [1.54, 1.807) is 6.21 Å². The van der Waals surface area contributed by atoms with Gasteiger partial charge in [0.2, 0.25) is 6.79 Å². The van der Waals surface area contributed by atoms with Crippen molar-refractivity contribution in [1.29, 1.82) is 0 Å². The summed E-state index contributed by atoms with van der Waals surface area (Å²) in [5, 5.41) is 21.4. The summed E-state index contributed by atoms with van der Waals surface area (Å²) in [6, 6.07) is 19.7. The van der Waals surface area contributed by atoms with Gasteiger partial charge in [-0.2, -0.15) is 5.10 Å². The molecule has 0 saturated heterocycles. The maximum Gasteiger partial charge on any atom is 0.269 e. The van der Waals surface area contributed by atoms with Crippen molar-refractivity contribution in [2.75, 3.05) is 12.1 Å². The Morgan fingerprint density at radius 3 is 2.89 bits per heavy atom. The molecule has 0 fully saturated rings. The van der Waals surface area contributed by atoms with Crippen LogP contribution in [0.15, 0.2) is 65.8 Å². The van der Waals surface area contributed by atoms with Crippen molar-refractivity contribution in [3.63, 3.8) is 0 Å². The highest BCUT2D eigenvalue weighted by Crippen LogP contribution is 2.32. The number of tetrazole rings is 1. The molecule has 0 unspecified atom stereocenters. The zero-order valence-electron chi connectivity index (χ0n) is 14.1. The van der Waals surface area contributed by atoms with Gasteiger partial charge < -0.3 is 14.8 Å². The fourth-order valence-electron chi connectivity index (χ4n) is 2.91. The number of benzene rings is 3. The molecule has 0 spiro atoms. The van der Waals surface area contributed by atoms with E-state index in [1.807, 2.05) is 48.5 Å². The number of anilines is 2. The molecule has 3 aromatic carbocycles. The molecule has 2 heterocycles. The zero-order valence-corrected chi connectivity index (χ0v) is 14.1. The monoisotopic (exact) mass is 358 g/mol. The van der Waals surface area contributed by atoms with Gasteiger partial charge in [0.1, 0.15) is 0 Å². The molecular weight excluding hydrogens is 344 g/mol. The summed E-state index contributed by atoms with van der Waals surface area (Å²) in [6.07, 6.45) is 1.66. The predicted octanol–water partition coefficient (Wildman–Crippen LogP) is 3.18. The average Bonchev–Trinajstić information content (AvgIpc) is 3.35. The number of fused-ring (bicyclic) bond motifs is 2. The summed E-state index contributed by atoms with van der Waals surface area (Å²) < 4.78 is 10.7. The molecule has 8 nitrogen and oxygen atoms in total. The Morgan fingerprint density at radius 1 is 1.00 bits per heavy atom. The van der Waals surface area contributed by atoms with E-state index < -0.39 is 0 Å². The quantitative estimate of drug-likeness (QED) is 0.564. The molecule has 0 atom stereocenters. The van der Waals surface area contributed by atoms with Crippen molar-refractivity contribution in [2.45, 2.75) is 0 Å². The molecule has 5 rings (SSSR count). The van der Waals surface area contributed by atoms with Crippen LogP contribution in [0.2, 0.25) is 0 Å². The molecule has 1 aliphatic heterocycles. The first-order valence-corrected chi connectivity index (χ1v) is 8.34. The third-order valence-corrected chi connectivity index (χ3v) is 4.20. The molecule has 1 aliphatic rings. The largest absolute Gasteiger partial charge is 0.454 e. The van der Waals surface area contributed by atoms with Crippen molar-refractivity contribution in [3.8, 4) is 11.5 Å². The van der Waals surface area contributed by atoms with Gasteiger partial charge in [-0.05, 0) is 45.6 Å². The second-order valence-corrected chi connectivity index (χ2v) is 5.90. The van der Waals surface area contributed by atoms with E-state index in [4.69, 9.17) is 9.47 Å². The molecule has 0 amide bonds. The van der Waals surface area contributed by atoms with Crippen LogP contribution >= 0.6 is 0 Å². The number of hydrogen-bond donors (Lipinski definition) is 1. The predicted molar refractivity (Wildman–Crippen MR) is 101 cm³/mol. The standard InChI is InChI=1S/C19H14N6O2/c1-2-6-15-14(4-1)5-3-7-16(15)21-19-22-23-24-25(19)20-11-13-8-9-17-18(10-13)27-12-26-17/h1-11H,12H2,(H,21,22,24). The van der Waals surface area contributed by atoms with Gasteiger partial charge in [-0.3, -0.25) is 0 Å². The molecule has 8 heteroatoms. The molecular formula is C19H14N6O2. The van der Waals surface area contributed by atoms with Gasteiger partial charge in [0, 0.05) is 11.1 Å². The summed E-state index contributed by atoms with van der Waals surface area (Å²) in [7, 11) is 0. The van der Waals surface area contributed by atoms with E-state index >= 15 is 0 Å². The minimum atomic E-state index is 0.238. The minimum absolute atomic E-state index is 0.238. The highest BCUT2D eigenvalue weighted by atomic mass is 16.7. The number of ether oxygens (including phenoxy) is 2. The van der Waals surface area contributed by atoms with Gasteiger partial charge in [0.15, 0.2) is 11.5 Å². The Bertz CT molecular complexity index is 1150. The van der Waals surface area contributed by atoms with Crippen molar-refractivity contribution in [3.05, 3.63) is 66.2 Å². The lowest BCUT2D eigenvalue weighted by Crippen LogP contribution is -2.01. The molecule has 4 aromatic rings. The first-order chi connectivity index (χ1) is 13.4. The van der Waals surface area contributed by atoms with Crippen LogP contribution in [0.4, 0.5) is 11.6 Å². The third kappa shape index (κ3) is 2.93. The van der Waals surface area contributed by atoms with Crippen LogP contribution in [0.3, 0.4) is 0 Å². The summed E-state index contributed by atoms with van der Waals surface area (Å²) in [6.45, 7) is 0.238. The van der Waals surface area contributed by atoms with E-state index in [-0.39, 0.29) is 6.79 Å². The summed E-state index contributed by atoms with van der Waals surface area (Å²) in [4.78, 5) is 1.34. The number of nitrogens with one attached hydrogen (secondary N) is 1. The van der Waals surface area contributed by atoms with Gasteiger partial charge in [0.05, 0.1) is 6.21 Å². The van der Waals surface area contributed by atoms with E-state index in [0.29, 0.717) is 11.7 Å². The van der Waals surface area contributed by atoms with Crippen LogP contribution in [0.25, 0.3) is 10.8 Å². The molecule has 27 heavy (non-hydrogen) atoms. The van der Waals surface area contributed by atoms with Crippen LogP contribution in [0, 0.1) is 0 Å². The Labute approximate surface area is 154 Å². The second kappa shape index (κ2) is 6.41. The van der Waals surface area contributed by atoms with Crippen LogP contribution in [0.5, 0.6) is 11.5 Å². The first kappa shape index (κ1) is 15.3. The van der Waals surface area contributed by atoms with Crippen LogP contribution in [-0.2, 0) is 0 Å². The second-order valence-electron chi connectivity index (χ2n) is 5.90. The first-order valence-electron chi connectivity index (χ1n) is 8.34. The number of aromatic nitrogens is 4. The molecule has 0 aliphatic carbocycles. The van der Waals surface area contributed by atoms with Crippen LogP contribution in [0.1, 0.15) is 5.56 Å². The van der Waals surface area contributed by atoms with Gasteiger partial charge in [-0.25, -0.2) is 0 Å². The van der Waals surface area contributed by atoms with Gasteiger partial charge >= 0.3 is 0 Å². The van der Waals surface area contributed by atoms with Gasteiger partial charge in [-0.1, -0.05) is 46.3 Å². The van der Waals surface area contributed by atoms with Crippen LogP contribution in [-0.4, -0.2) is 33.3 Å². The molecule has 1 N–H and O–H groups in total. The summed E-state index contributed by atoms with van der Waals surface area (Å²) in [5.41, 5.74) is 1.76.